The third-order valence-corrected chi connectivity index (χ3v) is 5.34. The number of nitrogens with zero attached hydrogens (tertiary/aromatic N) is 2. The molecule has 0 aromatic heterocycles. The molecule has 1 unspecified atom stereocenters. The predicted octanol–water partition coefficient (Wildman–Crippen LogP) is -0.119. The monoisotopic (exact) mass is 280 g/mol. The molecule has 0 aromatic carbocycles. The van der Waals surface area contributed by atoms with E-state index in [1.807, 2.05) is 0 Å². The summed E-state index contributed by atoms with van der Waals surface area (Å²) in [5.41, 5.74) is 0. The molecular formula is C15H28N4O. The maximum atomic E-state index is 11.4. The first-order valence-corrected chi connectivity index (χ1v) is 8.16. The first-order valence-electron chi connectivity index (χ1n) is 8.16. The van der Waals surface area contributed by atoms with Gasteiger partial charge >= 0.3 is 0 Å². The topological polar surface area (TPSA) is 47.6 Å². The van der Waals surface area contributed by atoms with Gasteiger partial charge in [0.2, 0.25) is 5.91 Å². The second-order valence-corrected chi connectivity index (χ2v) is 6.63. The Morgan fingerprint density at radius 3 is 2.35 bits per heavy atom. The van der Waals surface area contributed by atoms with E-state index >= 15 is 0 Å². The number of likely N-dealkylation sites (N-methyl/N-ethyl adjacent to an activating group) is 1. The van der Waals surface area contributed by atoms with Crippen molar-refractivity contribution >= 4 is 5.91 Å². The molecule has 4 fully saturated rings. The number of hydrogen-bond acceptors (Lipinski definition) is 4. The van der Waals surface area contributed by atoms with Crippen LogP contribution in [-0.2, 0) is 4.79 Å². The van der Waals surface area contributed by atoms with Crippen LogP contribution in [-0.4, -0.2) is 74.1 Å². The SMILES string of the molecule is CNC(=O)CN1CCC(NC2CN3CCC2CC3)CC1. The zero-order valence-electron chi connectivity index (χ0n) is 12.6. The Kier molecular flexibility index (Phi) is 4.58. The van der Waals surface area contributed by atoms with Gasteiger partial charge in [0.15, 0.2) is 0 Å². The van der Waals surface area contributed by atoms with Crippen LogP contribution in [0, 0.1) is 5.92 Å². The van der Waals surface area contributed by atoms with Crippen LogP contribution in [0.15, 0.2) is 0 Å². The Balaban J connectivity index is 1.41. The van der Waals surface area contributed by atoms with E-state index in [1.54, 1.807) is 7.05 Å². The molecule has 5 heteroatoms. The first-order chi connectivity index (χ1) is 9.74. The quantitative estimate of drug-likeness (QED) is 0.754. The highest BCUT2D eigenvalue weighted by Gasteiger charge is 2.35. The lowest BCUT2D eigenvalue weighted by atomic mass is 9.83. The first kappa shape index (κ1) is 14.3. The Hall–Kier alpha value is -0.650. The smallest absolute Gasteiger partial charge is 0.233 e. The summed E-state index contributed by atoms with van der Waals surface area (Å²) in [5, 5.41) is 6.61. The van der Waals surface area contributed by atoms with Crippen LogP contribution in [0.4, 0.5) is 0 Å². The minimum atomic E-state index is 0.133. The Bertz CT molecular complexity index is 333. The summed E-state index contributed by atoms with van der Waals surface area (Å²) in [7, 11) is 1.71. The fourth-order valence-electron chi connectivity index (χ4n) is 4.00. The summed E-state index contributed by atoms with van der Waals surface area (Å²) < 4.78 is 0. The number of rotatable bonds is 4. The van der Waals surface area contributed by atoms with Crippen molar-refractivity contribution in [3.63, 3.8) is 0 Å². The number of piperidine rings is 4. The van der Waals surface area contributed by atoms with Gasteiger partial charge in [0.1, 0.15) is 0 Å². The van der Waals surface area contributed by atoms with Crippen LogP contribution in [0.3, 0.4) is 0 Å². The second-order valence-electron chi connectivity index (χ2n) is 6.63. The molecule has 4 aliphatic heterocycles. The van der Waals surface area contributed by atoms with Gasteiger partial charge in [-0.15, -0.1) is 0 Å². The molecule has 4 heterocycles. The average Bonchev–Trinajstić information content (AvgIpc) is 2.50. The highest BCUT2D eigenvalue weighted by atomic mass is 16.1. The largest absolute Gasteiger partial charge is 0.358 e. The molecule has 2 bridgehead atoms. The van der Waals surface area contributed by atoms with E-state index in [-0.39, 0.29) is 5.91 Å². The zero-order valence-corrected chi connectivity index (χ0v) is 12.6. The van der Waals surface area contributed by atoms with Gasteiger partial charge in [0.25, 0.3) is 0 Å². The molecule has 0 aliphatic carbocycles. The van der Waals surface area contributed by atoms with Crippen molar-refractivity contribution in [3.8, 4) is 0 Å². The van der Waals surface area contributed by atoms with E-state index in [9.17, 15) is 4.79 Å². The molecule has 0 aromatic rings. The van der Waals surface area contributed by atoms with Crippen molar-refractivity contribution in [1.29, 1.82) is 0 Å². The fraction of sp³-hybridized carbons (Fsp3) is 0.933. The molecule has 1 amide bonds. The maximum Gasteiger partial charge on any atom is 0.233 e. The molecule has 2 N–H and O–H groups in total. The van der Waals surface area contributed by atoms with Crippen LogP contribution < -0.4 is 10.6 Å². The van der Waals surface area contributed by atoms with Crippen LogP contribution in [0.5, 0.6) is 0 Å². The summed E-state index contributed by atoms with van der Waals surface area (Å²) in [6.45, 7) is 6.53. The number of carbonyl (C=O) groups is 1. The summed E-state index contributed by atoms with van der Waals surface area (Å²) in [4.78, 5) is 16.3. The summed E-state index contributed by atoms with van der Waals surface area (Å²) >= 11 is 0. The lowest BCUT2D eigenvalue weighted by molar-refractivity contribution is -0.122. The van der Waals surface area contributed by atoms with Crippen LogP contribution in [0.2, 0.25) is 0 Å². The normalized spacial score (nSPS) is 35.1. The van der Waals surface area contributed by atoms with E-state index in [2.05, 4.69) is 20.4 Å². The van der Waals surface area contributed by atoms with Crippen molar-refractivity contribution in [2.75, 3.05) is 46.3 Å². The van der Waals surface area contributed by atoms with Crippen molar-refractivity contribution in [2.24, 2.45) is 5.92 Å². The van der Waals surface area contributed by atoms with Crippen molar-refractivity contribution < 1.29 is 4.79 Å². The Morgan fingerprint density at radius 2 is 1.80 bits per heavy atom. The standard InChI is InChI=1S/C15H28N4O/c1-16-15(20)11-19-8-4-13(5-9-19)17-14-10-18-6-2-12(14)3-7-18/h12-14,17H,2-11H2,1H3,(H,16,20). The van der Waals surface area contributed by atoms with Gasteiger partial charge in [0.05, 0.1) is 6.54 Å². The molecule has 114 valence electrons. The van der Waals surface area contributed by atoms with Gasteiger partial charge < -0.3 is 15.5 Å². The van der Waals surface area contributed by atoms with Gasteiger partial charge in [-0.05, 0) is 44.7 Å². The second kappa shape index (κ2) is 6.41. The molecule has 5 nitrogen and oxygen atoms in total. The summed E-state index contributed by atoms with van der Waals surface area (Å²) in [6.07, 6.45) is 5.13. The van der Waals surface area contributed by atoms with Crippen LogP contribution >= 0.6 is 0 Å². The molecule has 4 aliphatic rings. The molecule has 4 rings (SSSR count). The van der Waals surface area contributed by atoms with Gasteiger partial charge in [-0.3, -0.25) is 9.69 Å². The van der Waals surface area contributed by atoms with E-state index < -0.39 is 0 Å². The third-order valence-electron chi connectivity index (χ3n) is 5.34. The third kappa shape index (κ3) is 3.32. The molecule has 0 saturated carbocycles. The summed E-state index contributed by atoms with van der Waals surface area (Å²) in [5.74, 6) is 1.04. The van der Waals surface area contributed by atoms with E-state index in [0.29, 0.717) is 18.6 Å². The lowest BCUT2D eigenvalue weighted by Gasteiger charge is -2.47. The molecule has 0 spiro atoms. The number of hydrogen-bond donors (Lipinski definition) is 2. The number of nitrogens with one attached hydrogen (secondary N) is 2. The van der Waals surface area contributed by atoms with Gasteiger partial charge in [-0.1, -0.05) is 0 Å². The minimum Gasteiger partial charge on any atom is -0.358 e. The molecule has 0 radical (unpaired) electrons. The van der Waals surface area contributed by atoms with E-state index in [1.165, 1.54) is 45.3 Å². The summed E-state index contributed by atoms with van der Waals surface area (Å²) in [6, 6.07) is 1.37. The number of likely N-dealkylation sites (tertiary alicyclic amines) is 1. The Labute approximate surface area is 122 Å². The molecule has 20 heavy (non-hydrogen) atoms. The van der Waals surface area contributed by atoms with Gasteiger partial charge in [-0.25, -0.2) is 0 Å². The Morgan fingerprint density at radius 1 is 1.10 bits per heavy atom. The highest BCUT2D eigenvalue weighted by molar-refractivity contribution is 5.77. The van der Waals surface area contributed by atoms with E-state index in [4.69, 9.17) is 0 Å². The highest BCUT2D eigenvalue weighted by Crippen LogP contribution is 2.28. The van der Waals surface area contributed by atoms with Crippen LogP contribution in [0.1, 0.15) is 25.7 Å². The molecule has 1 atom stereocenters. The predicted molar refractivity (Wildman–Crippen MR) is 79.6 cm³/mol. The number of carbonyl (C=O) groups excluding carboxylic acids is 1. The van der Waals surface area contributed by atoms with Crippen molar-refractivity contribution in [1.82, 2.24) is 20.4 Å². The lowest BCUT2D eigenvalue weighted by Crippen LogP contribution is -2.59. The van der Waals surface area contributed by atoms with Gasteiger partial charge in [0, 0.05) is 38.8 Å². The number of fused-ring (bicyclic) bond motifs is 3. The van der Waals surface area contributed by atoms with E-state index in [0.717, 1.165) is 19.0 Å². The number of amides is 1. The average molecular weight is 280 g/mol. The molecular weight excluding hydrogens is 252 g/mol. The minimum absolute atomic E-state index is 0.133. The zero-order chi connectivity index (χ0) is 13.9. The molecule has 4 saturated heterocycles. The van der Waals surface area contributed by atoms with Crippen molar-refractivity contribution in [2.45, 2.75) is 37.8 Å². The van der Waals surface area contributed by atoms with Gasteiger partial charge in [-0.2, -0.15) is 0 Å². The maximum absolute atomic E-state index is 11.4. The fourth-order valence-corrected chi connectivity index (χ4v) is 4.00. The van der Waals surface area contributed by atoms with Crippen molar-refractivity contribution in [3.05, 3.63) is 0 Å². The van der Waals surface area contributed by atoms with Crippen LogP contribution in [0.25, 0.3) is 0 Å².